The molecule has 1 atom stereocenters. The Balaban J connectivity index is 1.56. The van der Waals surface area contributed by atoms with Crippen molar-refractivity contribution in [3.05, 3.63) is 112 Å². The zero-order valence-electron chi connectivity index (χ0n) is 18.1. The van der Waals surface area contributed by atoms with Gasteiger partial charge in [-0.3, -0.25) is 0 Å². The molecule has 3 aromatic carbocycles. The second-order valence-electron chi connectivity index (χ2n) is 7.90. The molecule has 0 radical (unpaired) electrons. The highest BCUT2D eigenvalue weighted by atomic mass is 32.2. The van der Waals surface area contributed by atoms with Crippen molar-refractivity contribution < 1.29 is 31.1 Å². The van der Waals surface area contributed by atoms with E-state index < -0.39 is 40.0 Å². The molecule has 0 bridgehead atoms. The van der Waals surface area contributed by atoms with Gasteiger partial charge in [0.2, 0.25) is 10.0 Å². The van der Waals surface area contributed by atoms with Crippen molar-refractivity contribution in [2.75, 3.05) is 6.61 Å². The molecule has 1 aromatic heterocycles. The number of rotatable bonds is 7. The largest absolute Gasteiger partial charge is 0.423 e. The Bertz CT molecular complexity index is 1500. The molecule has 0 saturated carbocycles. The topological polar surface area (TPSA) is 96.6 Å². The highest BCUT2D eigenvalue weighted by Crippen LogP contribution is 2.34. The van der Waals surface area contributed by atoms with Crippen LogP contribution in [0.3, 0.4) is 0 Å². The zero-order chi connectivity index (χ0) is 25.2. The lowest BCUT2D eigenvalue weighted by molar-refractivity contribution is -0.136. The van der Waals surface area contributed by atoms with Crippen LogP contribution in [0.25, 0.3) is 11.0 Å². The van der Waals surface area contributed by atoms with Crippen LogP contribution in [0.2, 0.25) is 0 Å². The van der Waals surface area contributed by atoms with Crippen LogP contribution in [-0.2, 0) is 22.6 Å². The number of sulfonamides is 1. The molecule has 0 aliphatic rings. The molecule has 0 aliphatic heterocycles. The summed E-state index contributed by atoms with van der Waals surface area (Å²) in [5.41, 5.74) is -0.529. The van der Waals surface area contributed by atoms with Gasteiger partial charge in [0.15, 0.2) is 0 Å². The third-order valence-electron chi connectivity index (χ3n) is 5.44. The quantitative estimate of drug-likeness (QED) is 0.364. The highest BCUT2D eigenvalue weighted by Gasteiger charge is 2.34. The van der Waals surface area contributed by atoms with Crippen molar-refractivity contribution in [2.45, 2.75) is 23.5 Å². The number of alkyl halides is 3. The first kappa shape index (κ1) is 24.6. The van der Waals surface area contributed by atoms with Crippen LogP contribution in [0.5, 0.6) is 0 Å². The Hall–Kier alpha value is -3.47. The predicted molar refractivity (Wildman–Crippen MR) is 123 cm³/mol. The molecule has 4 aromatic rings. The Kier molecular flexibility index (Phi) is 6.79. The smallest absolute Gasteiger partial charge is 0.417 e. The normalized spacial score (nSPS) is 13.1. The molecule has 0 fully saturated rings. The van der Waals surface area contributed by atoms with Gasteiger partial charge in [-0.1, -0.05) is 48.5 Å². The summed E-state index contributed by atoms with van der Waals surface area (Å²) in [7, 11) is -3.94. The Morgan fingerprint density at radius 2 is 1.57 bits per heavy atom. The molecular weight excluding hydrogens is 483 g/mol. The highest BCUT2D eigenvalue weighted by molar-refractivity contribution is 7.89. The van der Waals surface area contributed by atoms with Crippen molar-refractivity contribution >= 4 is 21.0 Å². The van der Waals surface area contributed by atoms with E-state index in [-0.39, 0.29) is 22.3 Å². The van der Waals surface area contributed by atoms with Crippen LogP contribution in [0.15, 0.2) is 93.0 Å². The minimum absolute atomic E-state index is 0.0183. The molecule has 0 saturated heterocycles. The Morgan fingerprint density at radius 1 is 0.914 bits per heavy atom. The number of halogens is 3. The summed E-state index contributed by atoms with van der Waals surface area (Å²) in [6.07, 6.45) is -4.49. The van der Waals surface area contributed by atoms with Crippen LogP contribution >= 0.6 is 0 Å². The van der Waals surface area contributed by atoms with E-state index in [0.717, 1.165) is 0 Å². The second-order valence-corrected chi connectivity index (χ2v) is 9.61. The second kappa shape index (κ2) is 9.65. The van der Waals surface area contributed by atoms with E-state index in [0.29, 0.717) is 22.8 Å². The first-order valence-corrected chi connectivity index (χ1v) is 12.0. The predicted octanol–water partition coefficient (Wildman–Crippen LogP) is 4.41. The maximum Gasteiger partial charge on any atom is 0.417 e. The Labute approximate surface area is 198 Å². The standard InChI is InChI=1S/C25H20F3NO5S/c26-25(27,28)21-14-24(31)34-23-11-8-17(13-20(21)23)12-16-6-9-19(10-7-16)35(32,33)29-22(15-30)18-4-2-1-3-5-18/h1-11,13-14,22,29-30H,12,15H2/t22-/m0/s1. The average Bonchev–Trinajstić information content (AvgIpc) is 2.82. The number of nitrogens with one attached hydrogen (secondary N) is 1. The lowest BCUT2D eigenvalue weighted by Gasteiger charge is -2.17. The van der Waals surface area contributed by atoms with E-state index in [4.69, 9.17) is 4.42 Å². The summed E-state index contributed by atoms with van der Waals surface area (Å²) in [5, 5.41) is 9.41. The van der Waals surface area contributed by atoms with E-state index >= 15 is 0 Å². The number of hydrogen-bond acceptors (Lipinski definition) is 5. The number of hydrogen-bond donors (Lipinski definition) is 2. The fraction of sp³-hybridized carbons (Fsp3) is 0.160. The molecule has 0 unspecified atom stereocenters. The molecule has 0 amide bonds. The van der Waals surface area contributed by atoms with Crippen LogP contribution in [-0.4, -0.2) is 20.1 Å². The average molecular weight is 503 g/mol. The van der Waals surface area contributed by atoms with Crippen molar-refractivity contribution in [2.24, 2.45) is 0 Å². The zero-order valence-corrected chi connectivity index (χ0v) is 18.9. The maximum atomic E-state index is 13.4. The number of aliphatic hydroxyl groups is 1. The molecule has 35 heavy (non-hydrogen) atoms. The lowest BCUT2D eigenvalue weighted by atomic mass is 10.0. The monoisotopic (exact) mass is 503 g/mol. The van der Waals surface area contributed by atoms with Gasteiger partial charge in [0, 0.05) is 11.5 Å². The van der Waals surface area contributed by atoms with Gasteiger partial charge in [-0.05, 0) is 47.4 Å². The number of aliphatic hydroxyl groups excluding tert-OH is 1. The van der Waals surface area contributed by atoms with Crippen molar-refractivity contribution in [3.63, 3.8) is 0 Å². The van der Waals surface area contributed by atoms with Crippen molar-refractivity contribution in [1.29, 1.82) is 0 Å². The molecular formula is C25H20F3NO5S. The fourth-order valence-electron chi connectivity index (χ4n) is 3.73. The summed E-state index contributed by atoms with van der Waals surface area (Å²) >= 11 is 0. The van der Waals surface area contributed by atoms with Crippen LogP contribution < -0.4 is 10.3 Å². The van der Waals surface area contributed by atoms with Gasteiger partial charge in [-0.25, -0.2) is 17.9 Å². The number of benzene rings is 3. The summed E-state index contributed by atoms with van der Waals surface area (Å²) in [6, 6.07) is 18.3. The van der Waals surface area contributed by atoms with Gasteiger partial charge in [-0.2, -0.15) is 13.2 Å². The van der Waals surface area contributed by atoms with Crippen LogP contribution in [0.4, 0.5) is 13.2 Å². The fourth-order valence-corrected chi connectivity index (χ4v) is 4.94. The molecule has 182 valence electrons. The SMILES string of the molecule is O=c1cc(C(F)(F)F)c2cc(Cc3ccc(S(=O)(=O)N[C@@H](CO)c4ccccc4)cc3)ccc2o1. The summed E-state index contributed by atoms with van der Waals surface area (Å²) < 4.78 is 73.1. The summed E-state index contributed by atoms with van der Waals surface area (Å²) in [6.45, 7) is -0.427. The Morgan fingerprint density at radius 3 is 2.20 bits per heavy atom. The first-order chi connectivity index (χ1) is 16.6. The number of fused-ring (bicyclic) bond motifs is 1. The molecule has 10 heteroatoms. The van der Waals surface area contributed by atoms with Gasteiger partial charge < -0.3 is 9.52 Å². The third-order valence-corrected chi connectivity index (χ3v) is 6.92. The van der Waals surface area contributed by atoms with Gasteiger partial charge >= 0.3 is 11.8 Å². The van der Waals surface area contributed by atoms with E-state index in [1.807, 2.05) is 0 Å². The molecule has 4 rings (SSSR count). The molecule has 6 nitrogen and oxygen atoms in total. The van der Waals surface area contributed by atoms with E-state index in [1.54, 1.807) is 48.5 Å². The lowest BCUT2D eigenvalue weighted by Crippen LogP contribution is -2.30. The molecule has 0 aliphatic carbocycles. The van der Waals surface area contributed by atoms with Gasteiger partial charge in [0.1, 0.15) is 5.58 Å². The van der Waals surface area contributed by atoms with E-state index in [1.165, 1.54) is 24.3 Å². The van der Waals surface area contributed by atoms with Gasteiger partial charge in [-0.15, -0.1) is 0 Å². The van der Waals surface area contributed by atoms with Crippen LogP contribution in [0, 0.1) is 0 Å². The molecule has 1 heterocycles. The van der Waals surface area contributed by atoms with Gasteiger partial charge in [0.05, 0.1) is 23.1 Å². The van der Waals surface area contributed by atoms with Crippen LogP contribution in [0.1, 0.15) is 28.3 Å². The first-order valence-electron chi connectivity index (χ1n) is 10.5. The van der Waals surface area contributed by atoms with E-state index in [2.05, 4.69) is 4.72 Å². The molecule has 2 N–H and O–H groups in total. The third kappa shape index (κ3) is 5.61. The van der Waals surface area contributed by atoms with Crippen molar-refractivity contribution in [1.82, 2.24) is 4.72 Å². The molecule has 0 spiro atoms. The minimum Gasteiger partial charge on any atom is -0.423 e. The van der Waals surface area contributed by atoms with E-state index in [9.17, 15) is 31.5 Å². The maximum absolute atomic E-state index is 13.4. The van der Waals surface area contributed by atoms with Gasteiger partial charge in [0.25, 0.3) is 0 Å². The van der Waals surface area contributed by atoms with Crippen molar-refractivity contribution in [3.8, 4) is 0 Å². The minimum atomic E-state index is -4.72. The summed E-state index contributed by atoms with van der Waals surface area (Å²) in [4.78, 5) is 11.5. The summed E-state index contributed by atoms with van der Waals surface area (Å²) in [5.74, 6) is 0.